The fourth-order valence-corrected chi connectivity index (χ4v) is 1.91. The van der Waals surface area contributed by atoms with Crippen molar-refractivity contribution in [2.75, 3.05) is 0 Å². The molecule has 2 aromatic rings. The van der Waals surface area contributed by atoms with E-state index in [0.29, 0.717) is 11.4 Å². The molecule has 4 nitrogen and oxygen atoms in total. The molecule has 0 aromatic carbocycles. The Labute approximate surface area is 95.4 Å². The maximum Gasteiger partial charge on any atom is 0.147 e. The zero-order valence-electron chi connectivity index (χ0n) is 8.06. The van der Waals surface area contributed by atoms with Gasteiger partial charge < -0.3 is 9.09 Å². The van der Waals surface area contributed by atoms with Gasteiger partial charge in [0.2, 0.25) is 0 Å². The molecule has 5 heteroatoms. The van der Waals surface area contributed by atoms with E-state index < -0.39 is 0 Å². The Morgan fingerprint density at radius 3 is 3.07 bits per heavy atom. The van der Waals surface area contributed by atoms with E-state index >= 15 is 0 Å². The van der Waals surface area contributed by atoms with E-state index in [-0.39, 0.29) is 0 Å². The van der Waals surface area contributed by atoms with Gasteiger partial charge in [-0.1, -0.05) is 21.1 Å². The topological polar surface area (TPSA) is 43.9 Å². The first kappa shape index (κ1) is 9.15. The van der Waals surface area contributed by atoms with Crippen LogP contribution in [0.5, 0.6) is 0 Å². The van der Waals surface area contributed by atoms with Crippen LogP contribution in [0.3, 0.4) is 0 Å². The number of imidazole rings is 1. The van der Waals surface area contributed by atoms with E-state index in [2.05, 4.69) is 30.6 Å². The third kappa shape index (κ3) is 1.61. The van der Waals surface area contributed by atoms with Crippen LogP contribution in [0, 0.1) is 0 Å². The maximum atomic E-state index is 5.15. The van der Waals surface area contributed by atoms with Crippen molar-refractivity contribution in [1.29, 1.82) is 0 Å². The van der Waals surface area contributed by atoms with Crippen LogP contribution >= 0.6 is 15.9 Å². The first-order valence-electron chi connectivity index (χ1n) is 4.92. The Bertz CT molecular complexity index is 472. The number of hydrogen-bond acceptors (Lipinski definition) is 3. The summed E-state index contributed by atoms with van der Waals surface area (Å²) in [7, 11) is 0. The second-order valence-electron chi connectivity index (χ2n) is 3.73. The number of nitrogens with zero attached hydrogens (tertiary/aromatic N) is 3. The molecular formula is C10H10BrN3O. The van der Waals surface area contributed by atoms with Gasteiger partial charge in [0, 0.05) is 12.1 Å². The van der Waals surface area contributed by atoms with Crippen molar-refractivity contribution < 1.29 is 4.52 Å². The molecule has 1 aliphatic carbocycles. The molecule has 2 heterocycles. The first-order chi connectivity index (χ1) is 7.38. The summed E-state index contributed by atoms with van der Waals surface area (Å²) in [5.41, 5.74) is 1.92. The normalized spacial score (nSPS) is 15.8. The minimum atomic E-state index is 0.617. The molecule has 1 aliphatic rings. The van der Waals surface area contributed by atoms with Crippen molar-refractivity contribution >= 4 is 15.9 Å². The van der Waals surface area contributed by atoms with Crippen LogP contribution in [0.1, 0.15) is 24.6 Å². The van der Waals surface area contributed by atoms with Gasteiger partial charge in [-0.25, -0.2) is 4.98 Å². The molecule has 0 atom stereocenters. The summed E-state index contributed by atoms with van der Waals surface area (Å²) in [6.45, 7) is 0. The molecule has 0 amide bonds. The van der Waals surface area contributed by atoms with Crippen molar-refractivity contribution in [2.45, 2.75) is 24.2 Å². The molecule has 0 radical (unpaired) electrons. The third-order valence-electron chi connectivity index (χ3n) is 2.56. The zero-order valence-corrected chi connectivity index (χ0v) is 9.64. The number of rotatable bonds is 3. The van der Waals surface area contributed by atoms with Gasteiger partial charge in [-0.05, 0) is 12.8 Å². The second kappa shape index (κ2) is 3.48. The number of hydrogen-bond donors (Lipinski definition) is 0. The predicted octanol–water partition coefficient (Wildman–Crippen LogP) is 2.77. The molecule has 0 N–H and O–H groups in total. The lowest BCUT2D eigenvalue weighted by Crippen LogP contribution is -1.94. The van der Waals surface area contributed by atoms with Crippen molar-refractivity contribution in [3.05, 3.63) is 24.4 Å². The van der Waals surface area contributed by atoms with Crippen LogP contribution in [-0.4, -0.2) is 14.7 Å². The highest BCUT2D eigenvalue weighted by molar-refractivity contribution is 9.08. The number of halogens is 1. The van der Waals surface area contributed by atoms with Gasteiger partial charge >= 0.3 is 0 Å². The van der Waals surface area contributed by atoms with E-state index in [4.69, 9.17) is 4.52 Å². The zero-order chi connectivity index (χ0) is 10.3. The lowest BCUT2D eigenvalue weighted by atomic mass is 10.3. The SMILES string of the molecule is BrCc1cc(-c2cncn2C2CC2)no1. The van der Waals surface area contributed by atoms with Crippen LogP contribution in [-0.2, 0) is 5.33 Å². The summed E-state index contributed by atoms with van der Waals surface area (Å²) in [5, 5.41) is 4.73. The highest BCUT2D eigenvalue weighted by atomic mass is 79.9. The van der Waals surface area contributed by atoms with Gasteiger partial charge in [-0.3, -0.25) is 0 Å². The molecule has 1 fully saturated rings. The van der Waals surface area contributed by atoms with Crippen molar-refractivity contribution in [1.82, 2.24) is 14.7 Å². The largest absolute Gasteiger partial charge is 0.360 e. The fraction of sp³-hybridized carbons (Fsp3) is 0.400. The van der Waals surface area contributed by atoms with Gasteiger partial charge in [-0.15, -0.1) is 0 Å². The Balaban J connectivity index is 2.00. The standard InChI is InChI=1S/C10H10BrN3O/c11-4-8-3-9(13-15-8)10-5-12-6-14(10)7-1-2-7/h3,5-7H,1-2,4H2. The Kier molecular flexibility index (Phi) is 2.12. The molecule has 3 rings (SSSR count). The minimum Gasteiger partial charge on any atom is -0.360 e. The van der Waals surface area contributed by atoms with Crippen LogP contribution in [0.15, 0.2) is 23.1 Å². The van der Waals surface area contributed by atoms with E-state index in [1.807, 2.05) is 18.6 Å². The van der Waals surface area contributed by atoms with Crippen LogP contribution in [0.25, 0.3) is 11.4 Å². The van der Waals surface area contributed by atoms with Gasteiger partial charge in [0.25, 0.3) is 0 Å². The van der Waals surface area contributed by atoms with Gasteiger partial charge in [0.15, 0.2) is 0 Å². The highest BCUT2D eigenvalue weighted by Crippen LogP contribution is 2.38. The second-order valence-corrected chi connectivity index (χ2v) is 4.29. The molecule has 78 valence electrons. The molecule has 1 saturated carbocycles. The summed E-state index contributed by atoms with van der Waals surface area (Å²) >= 11 is 3.34. The van der Waals surface area contributed by atoms with E-state index in [1.165, 1.54) is 12.8 Å². The molecule has 0 aliphatic heterocycles. The fourth-order valence-electron chi connectivity index (χ4n) is 1.64. The Hall–Kier alpha value is -1.10. The average Bonchev–Trinajstić information content (AvgIpc) is 2.83. The highest BCUT2D eigenvalue weighted by Gasteiger charge is 2.26. The Morgan fingerprint density at radius 2 is 2.40 bits per heavy atom. The lowest BCUT2D eigenvalue weighted by molar-refractivity contribution is 0.397. The first-order valence-corrected chi connectivity index (χ1v) is 6.04. The molecule has 0 unspecified atom stereocenters. The third-order valence-corrected chi connectivity index (χ3v) is 3.11. The maximum absolute atomic E-state index is 5.15. The minimum absolute atomic E-state index is 0.617. The summed E-state index contributed by atoms with van der Waals surface area (Å²) in [4.78, 5) is 4.16. The van der Waals surface area contributed by atoms with Gasteiger partial charge in [0.1, 0.15) is 11.5 Å². The van der Waals surface area contributed by atoms with Gasteiger partial charge in [-0.2, -0.15) is 0 Å². The van der Waals surface area contributed by atoms with Crippen molar-refractivity contribution in [3.8, 4) is 11.4 Å². The van der Waals surface area contributed by atoms with Crippen LogP contribution in [0.2, 0.25) is 0 Å². The number of alkyl halides is 1. The van der Waals surface area contributed by atoms with E-state index in [0.717, 1.165) is 17.1 Å². The average molecular weight is 268 g/mol. The van der Waals surface area contributed by atoms with Crippen LogP contribution in [0.4, 0.5) is 0 Å². The predicted molar refractivity (Wildman–Crippen MR) is 58.6 cm³/mol. The quantitative estimate of drug-likeness (QED) is 0.804. The summed E-state index contributed by atoms with van der Waals surface area (Å²) in [6.07, 6.45) is 6.20. The molecule has 0 bridgehead atoms. The Morgan fingerprint density at radius 1 is 1.53 bits per heavy atom. The smallest absolute Gasteiger partial charge is 0.147 e. The van der Waals surface area contributed by atoms with Crippen molar-refractivity contribution in [2.24, 2.45) is 0 Å². The monoisotopic (exact) mass is 267 g/mol. The molecule has 0 saturated heterocycles. The summed E-state index contributed by atoms with van der Waals surface area (Å²) in [5.74, 6) is 0.841. The molecular weight excluding hydrogens is 258 g/mol. The van der Waals surface area contributed by atoms with E-state index in [1.54, 1.807) is 0 Å². The van der Waals surface area contributed by atoms with E-state index in [9.17, 15) is 0 Å². The molecule has 0 spiro atoms. The molecule has 15 heavy (non-hydrogen) atoms. The number of aromatic nitrogens is 3. The lowest BCUT2D eigenvalue weighted by Gasteiger charge is -2.01. The van der Waals surface area contributed by atoms with Crippen LogP contribution < -0.4 is 0 Å². The molecule has 2 aromatic heterocycles. The van der Waals surface area contributed by atoms with Gasteiger partial charge in [0.05, 0.1) is 23.5 Å². The summed E-state index contributed by atoms with van der Waals surface area (Å²) in [6, 6.07) is 2.57. The van der Waals surface area contributed by atoms with Crippen molar-refractivity contribution in [3.63, 3.8) is 0 Å². The summed E-state index contributed by atoms with van der Waals surface area (Å²) < 4.78 is 7.33.